The number of hydrogen-bond acceptors (Lipinski definition) is 3. The zero-order chi connectivity index (χ0) is 14.5. The van der Waals surface area contributed by atoms with Gasteiger partial charge in [0.25, 0.3) is 5.56 Å². The normalized spacial score (nSPS) is 10.1. The molecule has 1 heterocycles. The fourth-order valence-electron chi connectivity index (χ4n) is 1.99. The van der Waals surface area contributed by atoms with Crippen molar-refractivity contribution in [1.29, 1.82) is 5.26 Å². The summed E-state index contributed by atoms with van der Waals surface area (Å²) < 4.78 is 7.20. The van der Waals surface area contributed by atoms with E-state index in [2.05, 4.69) is 0 Å². The van der Waals surface area contributed by atoms with Gasteiger partial charge in [0, 0.05) is 5.69 Å². The van der Waals surface area contributed by atoms with E-state index in [1.165, 1.54) is 0 Å². The van der Waals surface area contributed by atoms with Crippen molar-refractivity contribution >= 4 is 0 Å². The molecule has 4 heteroatoms. The third kappa shape index (κ3) is 3.07. The molecule has 0 radical (unpaired) electrons. The fraction of sp³-hybridized carbons (Fsp3) is 0.250. The minimum atomic E-state index is -0.264. The van der Waals surface area contributed by atoms with Crippen molar-refractivity contribution in [3.8, 4) is 11.8 Å². The van der Waals surface area contributed by atoms with Crippen molar-refractivity contribution in [2.45, 2.75) is 20.4 Å². The summed E-state index contributed by atoms with van der Waals surface area (Å²) in [6.45, 7) is 4.65. The molecule has 2 aromatic rings. The summed E-state index contributed by atoms with van der Waals surface area (Å²) in [5.41, 5.74) is 1.84. The van der Waals surface area contributed by atoms with Gasteiger partial charge < -0.3 is 9.30 Å². The lowest BCUT2D eigenvalue weighted by Gasteiger charge is -2.11. The first-order valence-corrected chi connectivity index (χ1v) is 6.42. The van der Waals surface area contributed by atoms with E-state index in [-0.39, 0.29) is 11.1 Å². The predicted molar refractivity (Wildman–Crippen MR) is 76.8 cm³/mol. The largest absolute Gasteiger partial charge is 0.492 e. The molecule has 0 N–H and O–H groups in total. The Morgan fingerprint density at radius 1 is 1.25 bits per heavy atom. The van der Waals surface area contributed by atoms with E-state index < -0.39 is 0 Å². The monoisotopic (exact) mass is 268 g/mol. The van der Waals surface area contributed by atoms with Gasteiger partial charge in [-0.1, -0.05) is 12.1 Å². The second-order valence-electron chi connectivity index (χ2n) is 4.62. The van der Waals surface area contributed by atoms with Gasteiger partial charge in [0.2, 0.25) is 0 Å². The van der Waals surface area contributed by atoms with Crippen molar-refractivity contribution in [1.82, 2.24) is 4.57 Å². The molecule has 1 aromatic heterocycles. The molecule has 2 rings (SSSR count). The smallest absolute Gasteiger partial charge is 0.268 e. The Morgan fingerprint density at radius 3 is 2.75 bits per heavy atom. The molecule has 102 valence electrons. The number of pyridine rings is 1. The molecule has 0 aliphatic heterocycles. The van der Waals surface area contributed by atoms with Gasteiger partial charge in [0.15, 0.2) is 0 Å². The molecule has 0 atom stereocenters. The quantitative estimate of drug-likeness (QED) is 0.855. The van der Waals surface area contributed by atoms with Crippen LogP contribution in [0.1, 0.15) is 16.8 Å². The average Bonchev–Trinajstić information content (AvgIpc) is 2.43. The standard InChI is InChI=1S/C16H16N2O2/c1-12-4-3-5-15(10-12)20-9-8-18-13(2)6-7-14(11-17)16(18)19/h3-7,10H,8-9H2,1-2H3. The van der Waals surface area contributed by atoms with Crippen LogP contribution in [0.4, 0.5) is 0 Å². The average molecular weight is 268 g/mol. The summed E-state index contributed by atoms with van der Waals surface area (Å²) in [4.78, 5) is 12.0. The molecule has 20 heavy (non-hydrogen) atoms. The van der Waals surface area contributed by atoms with E-state index in [0.717, 1.165) is 17.0 Å². The molecule has 0 aliphatic rings. The lowest BCUT2D eigenvalue weighted by atomic mass is 10.2. The van der Waals surface area contributed by atoms with Gasteiger partial charge in [-0.25, -0.2) is 0 Å². The molecule has 0 amide bonds. The maximum absolute atomic E-state index is 12.0. The first kappa shape index (κ1) is 13.9. The van der Waals surface area contributed by atoms with Gasteiger partial charge in [0.1, 0.15) is 24.0 Å². The Bertz CT molecular complexity index is 711. The topological polar surface area (TPSA) is 55.0 Å². The van der Waals surface area contributed by atoms with Gasteiger partial charge in [-0.3, -0.25) is 4.79 Å². The Hall–Kier alpha value is -2.54. The zero-order valence-electron chi connectivity index (χ0n) is 11.6. The van der Waals surface area contributed by atoms with Crippen molar-refractivity contribution in [3.63, 3.8) is 0 Å². The van der Waals surface area contributed by atoms with Gasteiger partial charge >= 0.3 is 0 Å². The predicted octanol–water partition coefficient (Wildman–Crippen LogP) is 2.42. The summed E-state index contributed by atoms with van der Waals surface area (Å²) in [6, 6.07) is 13.0. The SMILES string of the molecule is Cc1cccc(OCCn2c(C)ccc(C#N)c2=O)c1. The Labute approximate surface area is 117 Å². The maximum Gasteiger partial charge on any atom is 0.268 e. The van der Waals surface area contributed by atoms with Crippen LogP contribution in [0, 0.1) is 25.2 Å². The highest BCUT2D eigenvalue weighted by Gasteiger charge is 2.05. The third-order valence-electron chi connectivity index (χ3n) is 3.09. The van der Waals surface area contributed by atoms with Crippen LogP contribution in [0.5, 0.6) is 5.75 Å². The van der Waals surface area contributed by atoms with Crippen LogP contribution in [0.25, 0.3) is 0 Å². The highest BCUT2D eigenvalue weighted by atomic mass is 16.5. The molecular weight excluding hydrogens is 252 g/mol. The summed E-state index contributed by atoms with van der Waals surface area (Å²) in [7, 11) is 0. The highest BCUT2D eigenvalue weighted by Crippen LogP contribution is 2.12. The van der Waals surface area contributed by atoms with Crippen molar-refractivity contribution in [2.24, 2.45) is 0 Å². The van der Waals surface area contributed by atoms with Gasteiger partial charge in [-0.2, -0.15) is 5.26 Å². The summed E-state index contributed by atoms with van der Waals surface area (Å²) in [5.74, 6) is 0.784. The van der Waals surface area contributed by atoms with Gasteiger partial charge in [-0.15, -0.1) is 0 Å². The number of ether oxygens (including phenoxy) is 1. The molecular formula is C16H16N2O2. The van der Waals surface area contributed by atoms with E-state index in [4.69, 9.17) is 10.00 Å². The van der Waals surface area contributed by atoms with Crippen LogP contribution >= 0.6 is 0 Å². The number of aryl methyl sites for hydroxylation is 2. The van der Waals surface area contributed by atoms with Crippen LogP contribution in [-0.2, 0) is 6.54 Å². The maximum atomic E-state index is 12.0. The molecule has 0 bridgehead atoms. The van der Waals surface area contributed by atoms with Crippen LogP contribution < -0.4 is 10.3 Å². The molecule has 4 nitrogen and oxygen atoms in total. The fourth-order valence-corrected chi connectivity index (χ4v) is 1.99. The van der Waals surface area contributed by atoms with Gasteiger partial charge in [0.05, 0.1) is 6.54 Å². The summed E-state index contributed by atoms with van der Waals surface area (Å²) in [6.07, 6.45) is 0. The van der Waals surface area contributed by atoms with Crippen LogP contribution in [0.2, 0.25) is 0 Å². The van der Waals surface area contributed by atoms with Gasteiger partial charge in [-0.05, 0) is 43.7 Å². The van der Waals surface area contributed by atoms with E-state index in [9.17, 15) is 4.79 Å². The molecule has 0 unspecified atom stereocenters. The number of nitriles is 1. The summed E-state index contributed by atoms with van der Waals surface area (Å²) in [5, 5.41) is 8.87. The van der Waals surface area contributed by atoms with E-state index in [1.807, 2.05) is 44.2 Å². The van der Waals surface area contributed by atoms with Crippen molar-refractivity contribution in [2.75, 3.05) is 6.61 Å². The number of nitrogens with zero attached hydrogens (tertiary/aromatic N) is 2. The molecule has 0 fully saturated rings. The molecule has 0 aliphatic carbocycles. The first-order valence-electron chi connectivity index (χ1n) is 6.42. The summed E-state index contributed by atoms with van der Waals surface area (Å²) >= 11 is 0. The molecule has 1 aromatic carbocycles. The van der Waals surface area contributed by atoms with Crippen LogP contribution in [0.3, 0.4) is 0 Å². The highest BCUT2D eigenvalue weighted by molar-refractivity contribution is 5.28. The number of aromatic nitrogens is 1. The first-order chi connectivity index (χ1) is 9.61. The third-order valence-corrected chi connectivity index (χ3v) is 3.09. The van der Waals surface area contributed by atoms with E-state index in [1.54, 1.807) is 16.7 Å². The minimum Gasteiger partial charge on any atom is -0.492 e. The molecule has 0 saturated carbocycles. The van der Waals surface area contributed by atoms with Crippen molar-refractivity contribution in [3.05, 3.63) is 63.6 Å². The second kappa shape index (κ2) is 6.07. The second-order valence-corrected chi connectivity index (χ2v) is 4.62. The van der Waals surface area contributed by atoms with E-state index >= 15 is 0 Å². The van der Waals surface area contributed by atoms with E-state index in [0.29, 0.717) is 13.2 Å². The van der Waals surface area contributed by atoms with Crippen LogP contribution in [-0.4, -0.2) is 11.2 Å². The number of rotatable bonds is 4. The molecule has 0 saturated heterocycles. The Balaban J connectivity index is 2.09. The zero-order valence-corrected chi connectivity index (χ0v) is 11.6. The lowest BCUT2D eigenvalue weighted by Crippen LogP contribution is -2.26. The Kier molecular flexibility index (Phi) is 4.21. The number of benzene rings is 1. The lowest BCUT2D eigenvalue weighted by molar-refractivity contribution is 0.295. The van der Waals surface area contributed by atoms with Crippen molar-refractivity contribution < 1.29 is 4.74 Å². The minimum absolute atomic E-state index is 0.158. The van der Waals surface area contributed by atoms with Crippen LogP contribution in [0.15, 0.2) is 41.2 Å². The molecule has 0 spiro atoms. The number of hydrogen-bond donors (Lipinski definition) is 0. The Morgan fingerprint density at radius 2 is 2.05 bits per heavy atom.